The third kappa shape index (κ3) is 5.13. The van der Waals surface area contributed by atoms with E-state index in [1.54, 1.807) is 0 Å². The van der Waals surface area contributed by atoms with Gasteiger partial charge in [0, 0.05) is 45.7 Å². The van der Waals surface area contributed by atoms with Gasteiger partial charge in [-0.2, -0.15) is 0 Å². The number of amides is 2. The van der Waals surface area contributed by atoms with Crippen molar-refractivity contribution < 1.29 is 14.3 Å². The van der Waals surface area contributed by atoms with Crippen molar-refractivity contribution >= 4 is 17.5 Å². The zero-order valence-electron chi connectivity index (χ0n) is 18.0. The molecular weight excluding hydrogens is 380 g/mol. The first-order chi connectivity index (χ1) is 14.7. The molecule has 7 heteroatoms. The maximum atomic E-state index is 12.4. The molecule has 1 N–H and O–H groups in total. The first kappa shape index (κ1) is 21.1. The molecule has 3 aliphatic rings. The van der Waals surface area contributed by atoms with Gasteiger partial charge in [0.15, 0.2) is 0 Å². The highest BCUT2D eigenvalue weighted by atomic mass is 16.5. The molecule has 2 saturated heterocycles. The van der Waals surface area contributed by atoms with E-state index >= 15 is 0 Å². The zero-order valence-corrected chi connectivity index (χ0v) is 18.0. The van der Waals surface area contributed by atoms with Crippen LogP contribution in [0.15, 0.2) is 24.3 Å². The molecule has 7 nitrogen and oxygen atoms in total. The molecule has 1 aliphatic carbocycles. The minimum Gasteiger partial charge on any atom is -0.491 e. The number of benzene rings is 1. The number of carbonyl (C=O) groups excluding carboxylic acids is 2. The molecule has 1 aromatic rings. The summed E-state index contributed by atoms with van der Waals surface area (Å²) in [6, 6.07) is 8.36. The fraction of sp³-hybridized carbons (Fsp3) is 0.652. The highest BCUT2D eigenvalue weighted by Gasteiger charge is 2.37. The van der Waals surface area contributed by atoms with Crippen LogP contribution in [0.4, 0.5) is 5.69 Å². The summed E-state index contributed by atoms with van der Waals surface area (Å²) in [5, 5.41) is 3.01. The van der Waals surface area contributed by atoms with Crippen molar-refractivity contribution in [2.24, 2.45) is 11.8 Å². The molecule has 2 aliphatic heterocycles. The van der Waals surface area contributed by atoms with Crippen LogP contribution in [0.2, 0.25) is 0 Å². The van der Waals surface area contributed by atoms with Crippen LogP contribution in [0.5, 0.6) is 5.75 Å². The lowest BCUT2D eigenvalue weighted by atomic mass is 10.1. The topological polar surface area (TPSA) is 65.1 Å². The van der Waals surface area contributed by atoms with Crippen molar-refractivity contribution in [3.8, 4) is 5.75 Å². The van der Waals surface area contributed by atoms with Crippen LogP contribution in [-0.4, -0.2) is 81.1 Å². The summed E-state index contributed by atoms with van der Waals surface area (Å²) in [6.07, 6.45) is 3.78. The molecule has 2 amide bonds. The normalized spacial score (nSPS) is 22.8. The SMILES string of the molecule is CNCC1CC(=O)N(CCCN2CCN(c3ccccc3OCC3CC3)CC2)C1=O. The number of ether oxygens (including phenoxy) is 1. The molecule has 1 unspecified atom stereocenters. The monoisotopic (exact) mass is 414 g/mol. The number of nitrogens with zero attached hydrogens (tertiary/aromatic N) is 3. The predicted octanol–water partition coefficient (Wildman–Crippen LogP) is 1.58. The highest BCUT2D eigenvalue weighted by Crippen LogP contribution is 2.33. The molecule has 0 spiro atoms. The van der Waals surface area contributed by atoms with Crippen molar-refractivity contribution in [1.82, 2.24) is 15.1 Å². The van der Waals surface area contributed by atoms with Gasteiger partial charge < -0.3 is 15.0 Å². The molecule has 0 bridgehead atoms. The van der Waals surface area contributed by atoms with Crippen molar-refractivity contribution in [2.45, 2.75) is 25.7 Å². The van der Waals surface area contributed by atoms with Crippen LogP contribution in [-0.2, 0) is 9.59 Å². The number of piperazine rings is 1. The second kappa shape index (κ2) is 9.79. The minimum absolute atomic E-state index is 0.0121. The Kier molecular flexibility index (Phi) is 6.89. The molecule has 1 aromatic carbocycles. The van der Waals surface area contributed by atoms with E-state index in [-0.39, 0.29) is 17.7 Å². The summed E-state index contributed by atoms with van der Waals surface area (Å²) in [6.45, 7) is 6.78. The van der Waals surface area contributed by atoms with Crippen LogP contribution < -0.4 is 15.0 Å². The summed E-state index contributed by atoms with van der Waals surface area (Å²) in [4.78, 5) is 30.8. The summed E-state index contributed by atoms with van der Waals surface area (Å²) in [5.74, 6) is 1.53. The van der Waals surface area contributed by atoms with E-state index in [0.29, 0.717) is 19.5 Å². The fourth-order valence-electron chi connectivity index (χ4n) is 4.39. The van der Waals surface area contributed by atoms with E-state index in [0.717, 1.165) is 57.4 Å². The number of imide groups is 1. The maximum Gasteiger partial charge on any atom is 0.234 e. The summed E-state index contributed by atoms with van der Waals surface area (Å²) in [5.41, 5.74) is 1.20. The van der Waals surface area contributed by atoms with Crippen molar-refractivity contribution in [2.75, 3.05) is 64.4 Å². The van der Waals surface area contributed by atoms with E-state index in [1.165, 1.54) is 23.4 Å². The summed E-state index contributed by atoms with van der Waals surface area (Å²) < 4.78 is 6.08. The Morgan fingerprint density at radius 1 is 1.07 bits per heavy atom. The van der Waals surface area contributed by atoms with Gasteiger partial charge >= 0.3 is 0 Å². The number of anilines is 1. The van der Waals surface area contributed by atoms with Gasteiger partial charge in [-0.05, 0) is 50.9 Å². The molecule has 164 valence electrons. The lowest BCUT2D eigenvalue weighted by Gasteiger charge is -2.37. The highest BCUT2D eigenvalue weighted by molar-refractivity contribution is 6.03. The molecular formula is C23H34N4O3. The van der Waals surface area contributed by atoms with E-state index in [1.807, 2.05) is 13.1 Å². The van der Waals surface area contributed by atoms with Gasteiger partial charge in [-0.3, -0.25) is 19.4 Å². The number of hydrogen-bond donors (Lipinski definition) is 1. The maximum absolute atomic E-state index is 12.4. The number of nitrogens with one attached hydrogen (secondary N) is 1. The van der Waals surface area contributed by atoms with Crippen molar-refractivity contribution in [1.29, 1.82) is 0 Å². The third-order valence-electron chi connectivity index (χ3n) is 6.39. The van der Waals surface area contributed by atoms with E-state index in [4.69, 9.17) is 4.74 Å². The van der Waals surface area contributed by atoms with Gasteiger partial charge in [-0.1, -0.05) is 12.1 Å². The van der Waals surface area contributed by atoms with E-state index in [2.05, 4.69) is 33.3 Å². The molecule has 1 saturated carbocycles. The first-order valence-electron chi connectivity index (χ1n) is 11.3. The number of likely N-dealkylation sites (tertiary alicyclic amines) is 1. The first-order valence-corrected chi connectivity index (χ1v) is 11.3. The smallest absolute Gasteiger partial charge is 0.234 e. The van der Waals surface area contributed by atoms with Gasteiger partial charge in [-0.25, -0.2) is 0 Å². The largest absolute Gasteiger partial charge is 0.491 e. The summed E-state index contributed by atoms with van der Waals surface area (Å²) >= 11 is 0. The van der Waals surface area contributed by atoms with Crippen LogP contribution in [0, 0.1) is 11.8 Å². The Bertz CT molecular complexity index is 744. The Labute approximate surface area is 179 Å². The average Bonchev–Trinajstić information content (AvgIpc) is 3.55. The summed E-state index contributed by atoms with van der Waals surface area (Å²) in [7, 11) is 1.82. The molecule has 4 rings (SSSR count). The van der Waals surface area contributed by atoms with Crippen LogP contribution >= 0.6 is 0 Å². The standard InChI is InChI=1S/C23H34N4O3/c1-24-16-19-15-22(28)27(23(19)29)10-4-9-25-11-13-26(14-12-25)20-5-2-3-6-21(20)30-17-18-7-8-18/h2-3,5-6,18-19,24H,4,7-17H2,1H3. The third-order valence-corrected chi connectivity index (χ3v) is 6.39. The van der Waals surface area contributed by atoms with E-state index < -0.39 is 0 Å². The van der Waals surface area contributed by atoms with Gasteiger partial charge in [-0.15, -0.1) is 0 Å². The Balaban J connectivity index is 1.21. The van der Waals surface area contributed by atoms with Crippen molar-refractivity contribution in [3.05, 3.63) is 24.3 Å². The number of carbonyl (C=O) groups is 2. The predicted molar refractivity (Wildman–Crippen MR) is 117 cm³/mol. The molecule has 30 heavy (non-hydrogen) atoms. The van der Waals surface area contributed by atoms with Gasteiger partial charge in [0.25, 0.3) is 0 Å². The van der Waals surface area contributed by atoms with Gasteiger partial charge in [0.2, 0.25) is 11.8 Å². The van der Waals surface area contributed by atoms with Crippen molar-refractivity contribution in [3.63, 3.8) is 0 Å². The van der Waals surface area contributed by atoms with Gasteiger partial charge in [0.05, 0.1) is 18.2 Å². The lowest BCUT2D eigenvalue weighted by molar-refractivity contribution is -0.139. The molecule has 0 radical (unpaired) electrons. The Hall–Kier alpha value is -2.12. The van der Waals surface area contributed by atoms with Gasteiger partial charge in [0.1, 0.15) is 5.75 Å². The van der Waals surface area contributed by atoms with Crippen LogP contribution in [0.25, 0.3) is 0 Å². The molecule has 1 atom stereocenters. The average molecular weight is 415 g/mol. The Morgan fingerprint density at radius 3 is 2.57 bits per heavy atom. The molecule has 0 aromatic heterocycles. The minimum atomic E-state index is -0.187. The molecule has 3 fully saturated rings. The van der Waals surface area contributed by atoms with Crippen LogP contribution in [0.1, 0.15) is 25.7 Å². The van der Waals surface area contributed by atoms with Crippen LogP contribution in [0.3, 0.4) is 0 Å². The second-order valence-electron chi connectivity index (χ2n) is 8.75. The van der Waals surface area contributed by atoms with E-state index in [9.17, 15) is 9.59 Å². The zero-order chi connectivity index (χ0) is 20.9. The Morgan fingerprint density at radius 2 is 1.83 bits per heavy atom. The number of hydrogen-bond acceptors (Lipinski definition) is 6. The number of rotatable bonds is 10. The number of para-hydroxylation sites is 2. The lowest BCUT2D eigenvalue weighted by Crippen LogP contribution is -2.47. The second-order valence-corrected chi connectivity index (χ2v) is 8.75. The fourth-order valence-corrected chi connectivity index (χ4v) is 4.39. The molecule has 2 heterocycles. The quantitative estimate of drug-likeness (QED) is 0.587.